The summed E-state index contributed by atoms with van der Waals surface area (Å²) in [6, 6.07) is 8.53. The maximum atomic E-state index is 12.6. The van der Waals surface area contributed by atoms with Crippen molar-refractivity contribution in [1.29, 1.82) is 0 Å². The second-order valence-corrected chi connectivity index (χ2v) is 6.36. The van der Waals surface area contributed by atoms with Crippen molar-refractivity contribution in [2.75, 3.05) is 21.3 Å². The van der Waals surface area contributed by atoms with Crippen LogP contribution in [0.4, 0.5) is 0 Å². The quantitative estimate of drug-likeness (QED) is 0.192. The Labute approximate surface area is 128 Å². The Morgan fingerprint density at radius 3 is 2.18 bits per heavy atom. The van der Waals surface area contributed by atoms with Crippen LogP contribution in [0.2, 0.25) is 0 Å². The highest BCUT2D eigenvalue weighted by atomic mass is 31.2. The van der Waals surface area contributed by atoms with E-state index in [0.29, 0.717) is 5.56 Å². The summed E-state index contributed by atoms with van der Waals surface area (Å²) in [5, 5.41) is 0. The highest BCUT2D eigenvalue weighted by molar-refractivity contribution is 7.72. The lowest BCUT2D eigenvalue weighted by molar-refractivity contribution is -0.136. The molecule has 8 heteroatoms. The molecule has 118 valence electrons. The maximum absolute atomic E-state index is 12.6. The molecule has 0 saturated heterocycles. The number of carbonyl (C=O) groups excluding carboxylic acids is 1. The summed E-state index contributed by atoms with van der Waals surface area (Å²) in [6.07, 6.45) is 0. The van der Waals surface area contributed by atoms with E-state index < -0.39 is 19.5 Å². The fourth-order valence-corrected chi connectivity index (χ4v) is 3.19. The average molecular weight is 324 g/mol. The van der Waals surface area contributed by atoms with Crippen molar-refractivity contribution in [2.45, 2.75) is 5.92 Å². The van der Waals surface area contributed by atoms with Crippen molar-refractivity contribution < 1.29 is 27.9 Å². The largest absolute Gasteiger partial charge is 0.466 e. The molecule has 0 aliphatic heterocycles. The normalized spacial score (nSPS) is 12.1. The van der Waals surface area contributed by atoms with Gasteiger partial charge in [-0.05, 0) is 5.56 Å². The smallest absolute Gasteiger partial charge is 0.438 e. The fourth-order valence-electron chi connectivity index (χ4n) is 1.93. The van der Waals surface area contributed by atoms with Crippen molar-refractivity contribution >= 4 is 19.0 Å². The summed E-state index contributed by atoms with van der Waals surface area (Å²) in [5.74, 6) is -1.74. The van der Waals surface area contributed by atoms with E-state index in [4.69, 9.17) is 9.05 Å². The number of carbonyl (C=O) groups is 1. The Morgan fingerprint density at radius 2 is 1.77 bits per heavy atom. The van der Waals surface area contributed by atoms with Crippen LogP contribution in [0.1, 0.15) is 11.5 Å². The lowest BCUT2D eigenvalue weighted by Crippen LogP contribution is -2.22. The van der Waals surface area contributed by atoms with Gasteiger partial charge in [0.1, 0.15) is 5.92 Å². The zero-order valence-electron chi connectivity index (χ0n) is 12.6. The molecule has 0 saturated carbocycles. The van der Waals surface area contributed by atoms with Crippen LogP contribution < -0.4 is 0 Å². The first-order valence-electron chi connectivity index (χ1n) is 6.21. The molecule has 0 N–H and O–H groups in total. The third kappa shape index (κ3) is 3.59. The predicted octanol–water partition coefficient (Wildman–Crippen LogP) is 2.61. The summed E-state index contributed by atoms with van der Waals surface area (Å²) in [7, 11) is -0.391. The van der Waals surface area contributed by atoms with Crippen LogP contribution in [-0.4, -0.2) is 37.5 Å². The van der Waals surface area contributed by atoms with E-state index in [1.807, 2.05) is 0 Å². The number of hydrogen-bond donors (Lipinski definition) is 0. The average Bonchev–Trinajstić information content (AvgIpc) is 2.58. The monoisotopic (exact) mass is 324 g/mol. The van der Waals surface area contributed by atoms with Gasteiger partial charge in [0.2, 0.25) is 0 Å². The number of benzene rings is 1. The van der Waals surface area contributed by atoms with E-state index in [1.165, 1.54) is 7.11 Å². The van der Waals surface area contributed by atoms with E-state index >= 15 is 0 Å². The van der Waals surface area contributed by atoms with Gasteiger partial charge < -0.3 is 19.3 Å². The van der Waals surface area contributed by atoms with Gasteiger partial charge in [0.25, 0.3) is 0 Å². The Bertz CT molecular complexity index is 644. The number of ether oxygens (including phenoxy) is 1. The molecular formula is C14H17N2O5P. The van der Waals surface area contributed by atoms with Crippen LogP contribution >= 0.6 is 7.60 Å². The lowest BCUT2D eigenvalue weighted by Gasteiger charge is -2.18. The molecule has 1 aromatic carbocycles. The van der Waals surface area contributed by atoms with Crippen molar-refractivity contribution in [3.05, 3.63) is 53.6 Å². The first-order valence-corrected chi connectivity index (χ1v) is 7.75. The van der Waals surface area contributed by atoms with Gasteiger partial charge in [-0.3, -0.25) is 0 Å². The Kier molecular flexibility index (Phi) is 6.40. The zero-order valence-corrected chi connectivity index (χ0v) is 13.4. The van der Waals surface area contributed by atoms with Crippen molar-refractivity contribution in [1.82, 2.24) is 0 Å². The minimum Gasteiger partial charge on any atom is -0.466 e. The van der Waals surface area contributed by atoms with Gasteiger partial charge in [-0.15, -0.1) is 0 Å². The second kappa shape index (κ2) is 7.82. The van der Waals surface area contributed by atoms with Crippen molar-refractivity contribution in [2.24, 2.45) is 0 Å². The number of methoxy groups -OCH3 is 1. The minimum absolute atomic E-state index is 0.0594. The van der Waals surface area contributed by atoms with Gasteiger partial charge in [0.05, 0.1) is 7.11 Å². The molecule has 1 aromatic rings. The molecule has 0 unspecified atom stereocenters. The van der Waals surface area contributed by atoms with Gasteiger partial charge >= 0.3 is 19.0 Å². The molecule has 0 fully saturated rings. The first kappa shape index (κ1) is 18.0. The van der Waals surface area contributed by atoms with Crippen LogP contribution in [0.15, 0.2) is 42.5 Å². The predicted molar refractivity (Wildman–Crippen MR) is 80.6 cm³/mol. The zero-order chi connectivity index (χ0) is 16.8. The van der Waals surface area contributed by atoms with Gasteiger partial charge in [-0.25, -0.2) is 9.36 Å². The molecule has 0 amide bonds. The molecular weight excluding hydrogens is 307 g/mol. The molecule has 0 aromatic heterocycles. The fraction of sp³-hybridized carbons (Fsp3) is 0.286. The molecule has 0 aliphatic rings. The summed E-state index contributed by atoms with van der Waals surface area (Å²) in [4.78, 5) is 14.9. The molecule has 1 atom stereocenters. The van der Waals surface area contributed by atoms with E-state index in [2.05, 4.69) is 16.1 Å². The molecule has 0 spiro atoms. The molecule has 7 nitrogen and oxygen atoms in total. The summed E-state index contributed by atoms with van der Waals surface area (Å²) in [6.45, 7) is 3.65. The van der Waals surface area contributed by atoms with Crippen LogP contribution in [0.25, 0.3) is 5.53 Å². The standard InChI is InChI=1S/C14H17N2O5P/c1-10(14(17)19-2)12(11-8-6-5-7-9-11)13(16-15)22(18,20-3)21-4/h5-9,12H,1H2,2-4H3/t12-/m1/s1. The molecule has 0 bridgehead atoms. The topological polar surface area (TPSA) is 98.2 Å². The lowest BCUT2D eigenvalue weighted by atomic mass is 9.93. The molecule has 22 heavy (non-hydrogen) atoms. The van der Waals surface area contributed by atoms with Crippen molar-refractivity contribution in [3.63, 3.8) is 0 Å². The maximum Gasteiger partial charge on any atom is 0.438 e. The summed E-state index contributed by atoms with van der Waals surface area (Å²) < 4.78 is 26.9. The first-order chi connectivity index (χ1) is 10.4. The Hall–Kier alpha value is -2.04. The van der Waals surface area contributed by atoms with Gasteiger partial charge in [-0.2, -0.15) is 4.79 Å². The van der Waals surface area contributed by atoms with E-state index in [-0.39, 0.29) is 11.0 Å². The van der Waals surface area contributed by atoms with Gasteiger partial charge in [0.15, 0.2) is 0 Å². The summed E-state index contributed by atoms with van der Waals surface area (Å²) in [5.41, 5.74) is 9.44. The second-order valence-electron chi connectivity index (χ2n) is 4.18. The van der Waals surface area contributed by atoms with E-state index in [1.54, 1.807) is 30.3 Å². The number of hydrogen-bond acceptors (Lipinski definition) is 5. The molecule has 0 heterocycles. The number of nitrogens with zero attached hydrogens (tertiary/aromatic N) is 2. The molecule has 0 radical (unpaired) electrons. The minimum atomic E-state index is -3.89. The third-order valence-corrected chi connectivity index (χ3v) is 4.92. The van der Waals surface area contributed by atoms with E-state index in [9.17, 15) is 14.9 Å². The van der Waals surface area contributed by atoms with Crippen LogP contribution in [0.5, 0.6) is 0 Å². The number of esters is 1. The molecule has 1 rings (SSSR count). The Balaban J connectivity index is 3.51. The highest BCUT2D eigenvalue weighted by Crippen LogP contribution is 2.52. The van der Waals surface area contributed by atoms with Crippen LogP contribution in [0.3, 0.4) is 0 Å². The Morgan fingerprint density at radius 1 is 1.23 bits per heavy atom. The summed E-state index contributed by atoms with van der Waals surface area (Å²) >= 11 is 0. The van der Waals surface area contributed by atoms with Gasteiger partial charge in [0, 0.05) is 19.8 Å². The van der Waals surface area contributed by atoms with Gasteiger partial charge in [-0.1, -0.05) is 36.9 Å². The van der Waals surface area contributed by atoms with Crippen molar-refractivity contribution in [3.8, 4) is 0 Å². The van der Waals surface area contributed by atoms with Crippen LogP contribution in [-0.2, 0) is 23.1 Å². The number of rotatable bonds is 7. The van der Waals surface area contributed by atoms with Crippen LogP contribution in [0, 0.1) is 0 Å². The van der Waals surface area contributed by atoms with E-state index in [0.717, 1.165) is 14.2 Å². The molecule has 0 aliphatic carbocycles. The highest BCUT2D eigenvalue weighted by Gasteiger charge is 2.47. The third-order valence-electron chi connectivity index (χ3n) is 3.05. The SMILES string of the molecule is C=C(C(=O)OC)[C@@H](C(=[N+]=[N-])P(=O)(OC)OC)c1ccccc1.